The van der Waals surface area contributed by atoms with Gasteiger partial charge >= 0.3 is 0 Å². The van der Waals surface area contributed by atoms with Gasteiger partial charge in [-0.15, -0.1) is 0 Å². The van der Waals surface area contributed by atoms with Gasteiger partial charge in [-0.25, -0.2) is 0 Å². The van der Waals surface area contributed by atoms with Crippen LogP contribution in [0.25, 0.3) is 0 Å². The molecule has 0 amide bonds. The van der Waals surface area contributed by atoms with Crippen molar-refractivity contribution >= 4 is 35.2 Å². The molecule has 1 aromatic carbocycles. The number of benzene rings is 1. The summed E-state index contributed by atoms with van der Waals surface area (Å²) >= 11 is 3.32. The van der Waals surface area contributed by atoms with Crippen LogP contribution in [0.5, 0.6) is 0 Å². The van der Waals surface area contributed by atoms with E-state index in [1.54, 1.807) is 24.3 Å². The maximum Gasteiger partial charge on any atom is 0.223 e. The maximum atomic E-state index is 12.4. The quantitative estimate of drug-likeness (QED) is 0.472. The zero-order chi connectivity index (χ0) is 14.1. The zero-order valence-corrected chi connectivity index (χ0v) is 14.1. The number of carbonyl (C=O) groups excluding carboxylic acids is 2. The number of hydrogen-bond donors (Lipinski definition) is 0. The van der Waals surface area contributed by atoms with Crippen molar-refractivity contribution in [1.29, 1.82) is 0 Å². The first-order valence-electron chi connectivity index (χ1n) is 5.92. The van der Waals surface area contributed by atoms with Crippen LogP contribution in [0.2, 0.25) is 18.1 Å². The summed E-state index contributed by atoms with van der Waals surface area (Å²) < 4.78 is 0.902. The molecule has 0 aliphatic carbocycles. The number of Topliss-reactive ketones (excluding diaryl/α,β-unsaturated/α-hetero) is 1. The molecule has 0 aromatic heterocycles. The Morgan fingerprint density at radius 3 is 1.89 bits per heavy atom. The second-order valence-corrected chi connectivity index (χ2v) is 12.2. The van der Waals surface area contributed by atoms with E-state index in [4.69, 9.17) is 0 Å². The minimum absolute atomic E-state index is 0.116. The molecule has 0 heterocycles. The molecule has 0 spiro atoms. The van der Waals surface area contributed by atoms with Gasteiger partial charge in [0.25, 0.3) is 0 Å². The lowest BCUT2D eigenvalue weighted by atomic mass is 10.1. The minimum atomic E-state index is -2.27. The second kappa shape index (κ2) is 5.09. The summed E-state index contributed by atoms with van der Waals surface area (Å²) in [5.41, 5.74) is 0.480. The molecule has 2 nitrogen and oxygen atoms in total. The van der Waals surface area contributed by atoms with Crippen LogP contribution in [0.1, 0.15) is 31.1 Å². The van der Waals surface area contributed by atoms with E-state index in [1.807, 2.05) is 33.9 Å². The van der Waals surface area contributed by atoms with E-state index in [0.717, 1.165) is 4.47 Å². The van der Waals surface area contributed by atoms with Gasteiger partial charge in [-0.3, -0.25) is 9.59 Å². The number of carbonyl (C=O) groups is 2. The van der Waals surface area contributed by atoms with Crippen LogP contribution in [-0.2, 0) is 4.79 Å². The van der Waals surface area contributed by atoms with Crippen molar-refractivity contribution in [3.8, 4) is 0 Å². The third kappa shape index (κ3) is 2.98. The van der Waals surface area contributed by atoms with E-state index >= 15 is 0 Å². The van der Waals surface area contributed by atoms with Crippen LogP contribution >= 0.6 is 15.9 Å². The SMILES string of the molecule is CC(C)(C)[Si](C)(C)C(=O)C(=O)c1ccc(Br)cc1. The average molecular weight is 327 g/mol. The lowest BCUT2D eigenvalue weighted by molar-refractivity contribution is -0.109. The fourth-order valence-corrected chi connectivity index (χ4v) is 3.01. The molecule has 0 aliphatic heterocycles. The number of rotatable bonds is 3. The molecule has 18 heavy (non-hydrogen) atoms. The van der Waals surface area contributed by atoms with Crippen LogP contribution < -0.4 is 0 Å². The summed E-state index contributed by atoms with van der Waals surface area (Å²) in [6, 6.07) is 6.95. The Morgan fingerprint density at radius 1 is 1.06 bits per heavy atom. The molecular weight excluding hydrogens is 308 g/mol. The van der Waals surface area contributed by atoms with E-state index < -0.39 is 8.07 Å². The van der Waals surface area contributed by atoms with Crippen molar-refractivity contribution in [3.63, 3.8) is 0 Å². The highest BCUT2D eigenvalue weighted by Crippen LogP contribution is 2.37. The Balaban J connectivity index is 3.05. The fourth-order valence-electron chi connectivity index (χ4n) is 1.36. The highest BCUT2D eigenvalue weighted by Gasteiger charge is 2.45. The molecule has 0 saturated heterocycles. The van der Waals surface area contributed by atoms with E-state index in [-0.39, 0.29) is 16.2 Å². The van der Waals surface area contributed by atoms with Crippen molar-refractivity contribution in [2.75, 3.05) is 0 Å². The molecule has 1 aromatic rings. The van der Waals surface area contributed by atoms with Gasteiger partial charge in [0.05, 0.1) is 0 Å². The molecule has 0 radical (unpaired) electrons. The van der Waals surface area contributed by atoms with Crippen LogP contribution in [0.4, 0.5) is 0 Å². The zero-order valence-electron chi connectivity index (χ0n) is 11.5. The van der Waals surface area contributed by atoms with E-state index in [9.17, 15) is 9.59 Å². The van der Waals surface area contributed by atoms with E-state index in [2.05, 4.69) is 15.9 Å². The Kier molecular flexibility index (Phi) is 4.33. The van der Waals surface area contributed by atoms with Gasteiger partial charge in [0, 0.05) is 10.0 Å². The van der Waals surface area contributed by atoms with Gasteiger partial charge in [-0.05, 0) is 29.3 Å². The molecule has 0 atom stereocenters. The monoisotopic (exact) mass is 326 g/mol. The first kappa shape index (κ1) is 15.3. The lowest BCUT2D eigenvalue weighted by Gasteiger charge is -2.34. The Bertz CT molecular complexity index is 470. The van der Waals surface area contributed by atoms with Crippen molar-refractivity contribution in [2.45, 2.75) is 38.9 Å². The summed E-state index contributed by atoms with van der Waals surface area (Å²) in [5, 5.41) is -0.313. The Morgan fingerprint density at radius 2 is 1.50 bits per heavy atom. The third-order valence-electron chi connectivity index (χ3n) is 3.76. The molecule has 0 aliphatic rings. The molecule has 0 bridgehead atoms. The van der Waals surface area contributed by atoms with Gasteiger partial charge < -0.3 is 0 Å². The molecule has 0 unspecified atom stereocenters. The Labute approximate surface area is 118 Å². The largest absolute Gasteiger partial charge is 0.296 e. The van der Waals surface area contributed by atoms with Crippen molar-refractivity contribution in [2.24, 2.45) is 0 Å². The molecule has 4 heteroatoms. The van der Waals surface area contributed by atoms with Gasteiger partial charge in [0.1, 0.15) is 8.07 Å². The number of ketones is 1. The van der Waals surface area contributed by atoms with Crippen LogP contribution in [0.15, 0.2) is 28.7 Å². The molecule has 98 valence electrons. The third-order valence-corrected chi connectivity index (χ3v) is 9.40. The van der Waals surface area contributed by atoms with Crippen molar-refractivity contribution in [3.05, 3.63) is 34.3 Å². The number of hydrogen-bond acceptors (Lipinski definition) is 2. The Hall–Kier alpha value is -0.743. The predicted molar refractivity (Wildman–Crippen MR) is 80.7 cm³/mol. The average Bonchev–Trinajstić information content (AvgIpc) is 2.26. The van der Waals surface area contributed by atoms with Gasteiger partial charge in [-0.1, -0.05) is 49.8 Å². The lowest BCUT2D eigenvalue weighted by Crippen LogP contribution is -2.49. The van der Waals surface area contributed by atoms with E-state index in [1.165, 1.54) is 0 Å². The molecule has 0 saturated carbocycles. The topological polar surface area (TPSA) is 34.1 Å². The van der Waals surface area contributed by atoms with Crippen LogP contribution in [0.3, 0.4) is 0 Å². The van der Waals surface area contributed by atoms with Crippen LogP contribution in [-0.4, -0.2) is 19.3 Å². The van der Waals surface area contributed by atoms with Crippen molar-refractivity contribution in [1.82, 2.24) is 0 Å². The smallest absolute Gasteiger partial charge is 0.223 e. The molecule has 0 fully saturated rings. The summed E-state index contributed by atoms with van der Waals surface area (Å²) in [6.07, 6.45) is 0. The fraction of sp³-hybridized carbons (Fsp3) is 0.429. The summed E-state index contributed by atoms with van der Waals surface area (Å²) in [4.78, 5) is 24.6. The summed E-state index contributed by atoms with van der Waals surface area (Å²) in [7, 11) is -2.27. The molecule has 0 N–H and O–H groups in total. The normalized spacial score (nSPS) is 12.3. The second-order valence-electron chi connectivity index (χ2n) is 6.04. The first-order valence-corrected chi connectivity index (χ1v) is 9.71. The van der Waals surface area contributed by atoms with Gasteiger partial charge in [-0.2, -0.15) is 0 Å². The summed E-state index contributed by atoms with van der Waals surface area (Å²) in [5.74, 6) is -0.353. The molecular formula is C14H19BrO2Si. The van der Waals surface area contributed by atoms with Crippen LogP contribution in [0, 0.1) is 0 Å². The van der Waals surface area contributed by atoms with Gasteiger partial charge in [0.2, 0.25) is 5.78 Å². The highest BCUT2D eigenvalue weighted by atomic mass is 79.9. The molecule has 1 rings (SSSR count). The van der Waals surface area contributed by atoms with Crippen molar-refractivity contribution < 1.29 is 9.59 Å². The maximum absolute atomic E-state index is 12.4. The predicted octanol–water partition coefficient (Wildman–Crippen LogP) is 4.25. The van der Waals surface area contributed by atoms with E-state index in [0.29, 0.717) is 5.56 Å². The van der Waals surface area contributed by atoms with Gasteiger partial charge in [0.15, 0.2) is 5.41 Å². The first-order chi connectivity index (χ1) is 8.07. The standard InChI is InChI=1S/C14H19BrO2Si/c1-14(2,3)18(4,5)13(17)12(16)10-6-8-11(15)9-7-10/h6-9H,1-5H3. The summed E-state index contributed by atoms with van der Waals surface area (Å²) in [6.45, 7) is 10.0. The number of halogens is 1. The highest BCUT2D eigenvalue weighted by molar-refractivity contribution is 9.10. The minimum Gasteiger partial charge on any atom is -0.296 e.